The Kier molecular flexibility index (Phi) is 5.56. The van der Waals surface area contributed by atoms with Crippen molar-refractivity contribution in [3.05, 3.63) is 72.1 Å². The average molecular weight is 424 g/mol. The first kappa shape index (κ1) is 19.5. The number of carbonyl (C=O) groups is 1. The van der Waals surface area contributed by atoms with Gasteiger partial charge < -0.3 is 9.30 Å². The van der Waals surface area contributed by atoms with Crippen LogP contribution in [0.25, 0.3) is 27.8 Å². The van der Waals surface area contributed by atoms with Gasteiger partial charge in [0.1, 0.15) is 22.3 Å². The zero-order valence-electron chi connectivity index (χ0n) is 15.9. The number of benzene rings is 2. The third-order valence-corrected chi connectivity index (χ3v) is 5.89. The highest BCUT2D eigenvalue weighted by atomic mass is 35.5. The Hall–Kier alpha value is -2.83. The van der Waals surface area contributed by atoms with E-state index >= 15 is 0 Å². The molecule has 0 amide bonds. The molecule has 7 heteroatoms. The first-order valence-corrected chi connectivity index (χ1v) is 10.3. The Bertz CT molecular complexity index is 1160. The summed E-state index contributed by atoms with van der Waals surface area (Å²) in [6.07, 6.45) is 3.57. The molecule has 2 aromatic carbocycles. The van der Waals surface area contributed by atoms with E-state index in [2.05, 4.69) is 9.97 Å². The molecule has 2 heterocycles. The Morgan fingerprint density at radius 3 is 2.52 bits per heavy atom. The van der Waals surface area contributed by atoms with Crippen LogP contribution in [0.1, 0.15) is 6.92 Å². The summed E-state index contributed by atoms with van der Waals surface area (Å²) in [7, 11) is 1.39. The van der Waals surface area contributed by atoms with Gasteiger partial charge in [-0.15, -0.1) is 0 Å². The van der Waals surface area contributed by atoms with Gasteiger partial charge in [-0.3, -0.25) is 4.79 Å². The second kappa shape index (κ2) is 8.27. The van der Waals surface area contributed by atoms with E-state index in [0.717, 1.165) is 32.9 Å². The summed E-state index contributed by atoms with van der Waals surface area (Å²) in [6.45, 7) is 1.81. The van der Waals surface area contributed by atoms with Crippen molar-refractivity contribution in [1.29, 1.82) is 0 Å². The topological polar surface area (TPSA) is 57.0 Å². The lowest BCUT2D eigenvalue weighted by Crippen LogP contribution is -2.14. The van der Waals surface area contributed by atoms with Gasteiger partial charge >= 0.3 is 5.97 Å². The summed E-state index contributed by atoms with van der Waals surface area (Å²) < 4.78 is 6.89. The molecule has 5 nitrogen and oxygen atoms in total. The molecule has 4 aromatic rings. The van der Waals surface area contributed by atoms with Gasteiger partial charge in [0.25, 0.3) is 0 Å². The van der Waals surface area contributed by atoms with Crippen molar-refractivity contribution in [2.24, 2.45) is 0 Å². The van der Waals surface area contributed by atoms with Gasteiger partial charge in [-0.2, -0.15) is 0 Å². The predicted molar refractivity (Wildman–Crippen MR) is 117 cm³/mol. The summed E-state index contributed by atoms with van der Waals surface area (Å²) >= 11 is 7.43. The van der Waals surface area contributed by atoms with Crippen LogP contribution in [0.3, 0.4) is 0 Å². The highest BCUT2D eigenvalue weighted by Crippen LogP contribution is 2.38. The minimum Gasteiger partial charge on any atom is -0.468 e. The zero-order chi connectivity index (χ0) is 20.4. The fraction of sp³-hybridized carbons (Fsp3) is 0.136. The number of halogens is 1. The summed E-state index contributed by atoms with van der Waals surface area (Å²) in [5.41, 5.74) is 3.75. The van der Waals surface area contributed by atoms with E-state index in [0.29, 0.717) is 5.02 Å². The predicted octanol–water partition coefficient (Wildman–Crippen LogP) is 5.39. The van der Waals surface area contributed by atoms with E-state index in [1.807, 2.05) is 72.3 Å². The van der Waals surface area contributed by atoms with Gasteiger partial charge in [0.15, 0.2) is 0 Å². The van der Waals surface area contributed by atoms with Crippen LogP contribution in [-0.2, 0) is 9.53 Å². The second-order valence-corrected chi connectivity index (χ2v) is 8.18. The minimum atomic E-state index is -0.388. The molecule has 146 valence electrons. The largest absolute Gasteiger partial charge is 0.468 e. The average Bonchev–Trinajstić information content (AvgIpc) is 3.15. The first-order chi connectivity index (χ1) is 14.1. The minimum absolute atomic E-state index is 0.292. The van der Waals surface area contributed by atoms with E-state index in [1.165, 1.54) is 25.2 Å². The van der Waals surface area contributed by atoms with Crippen molar-refractivity contribution in [2.45, 2.75) is 17.2 Å². The van der Waals surface area contributed by atoms with Crippen LogP contribution in [-0.4, -0.2) is 32.9 Å². The van der Waals surface area contributed by atoms with Crippen molar-refractivity contribution >= 4 is 40.4 Å². The van der Waals surface area contributed by atoms with Crippen molar-refractivity contribution in [2.75, 3.05) is 7.11 Å². The van der Waals surface area contributed by atoms with E-state index in [4.69, 9.17) is 16.3 Å². The summed E-state index contributed by atoms with van der Waals surface area (Å²) in [4.78, 5) is 21.0. The maximum atomic E-state index is 12.0. The van der Waals surface area contributed by atoms with Crippen molar-refractivity contribution in [3.63, 3.8) is 0 Å². The Morgan fingerprint density at radius 1 is 1.10 bits per heavy atom. The highest BCUT2D eigenvalue weighted by Gasteiger charge is 2.22. The molecule has 0 unspecified atom stereocenters. The van der Waals surface area contributed by atoms with Gasteiger partial charge in [0, 0.05) is 22.5 Å². The third kappa shape index (κ3) is 3.86. The van der Waals surface area contributed by atoms with Crippen molar-refractivity contribution in [1.82, 2.24) is 14.5 Å². The molecule has 0 bridgehead atoms. The maximum absolute atomic E-state index is 12.0. The second-order valence-electron chi connectivity index (χ2n) is 6.42. The van der Waals surface area contributed by atoms with Gasteiger partial charge in [0.2, 0.25) is 0 Å². The molecule has 0 saturated heterocycles. The number of aromatic nitrogens is 3. The molecule has 0 radical (unpaired) electrons. The van der Waals surface area contributed by atoms with E-state index < -0.39 is 0 Å². The van der Waals surface area contributed by atoms with Crippen LogP contribution in [0.4, 0.5) is 0 Å². The number of hydrogen-bond donors (Lipinski definition) is 0. The van der Waals surface area contributed by atoms with Crippen LogP contribution < -0.4 is 0 Å². The quantitative estimate of drug-likeness (QED) is 0.244. The SMILES string of the molecule is COC(=O)[C@@H](C)Sc1ncnc2c1c(-c1ccccc1)cn2-c1ccc(Cl)cc1. The van der Waals surface area contributed by atoms with E-state index in [9.17, 15) is 4.79 Å². The van der Waals surface area contributed by atoms with Crippen LogP contribution in [0.15, 0.2) is 72.1 Å². The number of rotatable bonds is 5. The maximum Gasteiger partial charge on any atom is 0.318 e. The van der Waals surface area contributed by atoms with Gasteiger partial charge in [-0.25, -0.2) is 9.97 Å². The summed E-state index contributed by atoms with van der Waals surface area (Å²) in [5, 5.41) is 1.92. The van der Waals surface area contributed by atoms with Crippen LogP contribution in [0.2, 0.25) is 5.02 Å². The smallest absolute Gasteiger partial charge is 0.318 e. The number of fused-ring (bicyclic) bond motifs is 1. The third-order valence-electron chi connectivity index (χ3n) is 4.56. The van der Waals surface area contributed by atoms with Crippen molar-refractivity contribution in [3.8, 4) is 16.8 Å². The monoisotopic (exact) mass is 423 g/mol. The molecule has 0 fully saturated rings. The number of methoxy groups -OCH3 is 1. The fourth-order valence-corrected chi connectivity index (χ4v) is 4.22. The number of thioether (sulfide) groups is 1. The molecule has 0 saturated carbocycles. The normalized spacial score (nSPS) is 12.1. The van der Waals surface area contributed by atoms with Gasteiger partial charge in [0.05, 0.1) is 12.5 Å². The Morgan fingerprint density at radius 2 is 1.83 bits per heavy atom. The number of ether oxygens (including phenoxy) is 1. The number of esters is 1. The molecule has 0 aliphatic heterocycles. The van der Waals surface area contributed by atoms with Gasteiger partial charge in [-0.1, -0.05) is 53.7 Å². The molecule has 0 aliphatic carbocycles. The zero-order valence-corrected chi connectivity index (χ0v) is 17.4. The fourth-order valence-electron chi connectivity index (χ4n) is 3.14. The van der Waals surface area contributed by atoms with E-state index in [1.54, 1.807) is 0 Å². The Balaban J connectivity index is 1.94. The summed E-state index contributed by atoms with van der Waals surface area (Å²) in [5.74, 6) is -0.292. The standard InChI is InChI=1S/C22H18ClN3O2S/c1-14(22(27)28-2)29-21-19-18(15-6-4-3-5-7-15)12-26(20(19)24-13-25-21)17-10-8-16(23)9-11-17/h3-14H,1-2H3/t14-/m1/s1. The van der Waals surface area contributed by atoms with Crippen LogP contribution in [0.5, 0.6) is 0 Å². The molecule has 0 N–H and O–H groups in total. The molecule has 2 aromatic heterocycles. The first-order valence-electron chi connectivity index (χ1n) is 9.00. The van der Waals surface area contributed by atoms with Crippen LogP contribution >= 0.6 is 23.4 Å². The lowest BCUT2D eigenvalue weighted by Gasteiger charge is -2.10. The number of hydrogen-bond acceptors (Lipinski definition) is 5. The van der Waals surface area contributed by atoms with Gasteiger partial charge in [-0.05, 0) is 36.8 Å². The number of nitrogens with zero attached hydrogens (tertiary/aromatic N) is 3. The number of carbonyl (C=O) groups excluding carboxylic acids is 1. The molecule has 4 rings (SSSR count). The van der Waals surface area contributed by atoms with E-state index in [-0.39, 0.29) is 11.2 Å². The highest BCUT2D eigenvalue weighted by molar-refractivity contribution is 8.00. The molecule has 29 heavy (non-hydrogen) atoms. The molecular formula is C22H18ClN3O2S. The summed E-state index contributed by atoms with van der Waals surface area (Å²) in [6, 6.07) is 17.7. The molecule has 1 atom stereocenters. The Labute approximate surface area is 177 Å². The molecule has 0 spiro atoms. The lowest BCUT2D eigenvalue weighted by molar-refractivity contribution is -0.139. The molecule has 0 aliphatic rings. The van der Waals surface area contributed by atoms with Crippen molar-refractivity contribution < 1.29 is 9.53 Å². The molecular weight excluding hydrogens is 406 g/mol. The lowest BCUT2D eigenvalue weighted by atomic mass is 10.1. The van der Waals surface area contributed by atoms with Crippen LogP contribution in [0, 0.1) is 0 Å².